The van der Waals surface area contributed by atoms with E-state index in [1.165, 1.54) is 67.8 Å². The predicted octanol–water partition coefficient (Wildman–Crippen LogP) is 17.7. The van der Waals surface area contributed by atoms with Crippen molar-refractivity contribution in [2.45, 2.75) is 134 Å². The Bertz CT molecular complexity index is 7480. The summed E-state index contributed by atoms with van der Waals surface area (Å²) >= 11 is 0. The number of anilines is 4. The minimum Gasteiger partial charge on any atom is -0.383 e. The van der Waals surface area contributed by atoms with Crippen LogP contribution in [-0.4, -0.2) is 198 Å². The van der Waals surface area contributed by atoms with E-state index < -0.39 is 23.2 Å². The second kappa shape index (κ2) is 46.5. The van der Waals surface area contributed by atoms with E-state index in [2.05, 4.69) is 66.2 Å². The Morgan fingerprint density at radius 3 is 0.899 bits per heavy atom. The third-order valence-corrected chi connectivity index (χ3v) is 27.4. The summed E-state index contributed by atoms with van der Waals surface area (Å²) in [5, 5.41) is 22.3. The fourth-order valence-electron chi connectivity index (χ4n) is 19.6. The van der Waals surface area contributed by atoms with E-state index in [0.29, 0.717) is 187 Å². The van der Waals surface area contributed by atoms with Crippen molar-refractivity contribution >= 4 is 114 Å². The lowest BCUT2D eigenvalue weighted by atomic mass is 9.98. The molecule has 4 saturated heterocycles. The van der Waals surface area contributed by atoms with Crippen LogP contribution >= 0.6 is 0 Å². The quantitative estimate of drug-likeness (QED) is 0.0261. The van der Waals surface area contributed by atoms with Crippen molar-refractivity contribution in [3.63, 3.8) is 0 Å². The van der Waals surface area contributed by atoms with E-state index in [-0.39, 0.29) is 89.1 Å². The van der Waals surface area contributed by atoms with Crippen LogP contribution in [0.5, 0.6) is 0 Å². The normalized spacial score (nSPS) is 15.6. The number of benzene rings is 8. The number of Topliss-reactive ketones (excluding diaryl/α,β-unsaturated/α-hetero) is 4. The molecule has 4 aliphatic rings. The molecular formula is C113H111F3N24O8. The zero-order chi connectivity index (χ0) is 104. The Labute approximate surface area is 851 Å². The number of nitrogens with two attached hydrogens (primary N) is 4. The van der Waals surface area contributed by atoms with Crippen LogP contribution < -0.4 is 22.9 Å². The summed E-state index contributed by atoms with van der Waals surface area (Å²) in [7, 11) is 0. The van der Waals surface area contributed by atoms with Crippen molar-refractivity contribution in [1.29, 1.82) is 0 Å². The zero-order valence-electron chi connectivity index (χ0n) is 81.9. The highest BCUT2D eigenvalue weighted by Gasteiger charge is 2.35. The molecule has 20 rings (SSSR count). The van der Waals surface area contributed by atoms with E-state index in [1.807, 2.05) is 177 Å². The lowest BCUT2D eigenvalue weighted by Gasteiger charge is -2.32. The number of aromatic nitrogens is 16. The van der Waals surface area contributed by atoms with Crippen molar-refractivity contribution in [1.82, 2.24) is 98.6 Å². The van der Waals surface area contributed by atoms with E-state index in [9.17, 15) is 51.5 Å². The summed E-state index contributed by atoms with van der Waals surface area (Å²) in [5.74, 6) is -1.41. The molecule has 4 aliphatic heterocycles. The summed E-state index contributed by atoms with van der Waals surface area (Å²) in [5.41, 5.74) is 40.2. The van der Waals surface area contributed by atoms with Gasteiger partial charge in [-0.05, 0) is 160 Å². The van der Waals surface area contributed by atoms with Crippen molar-refractivity contribution in [3.8, 4) is 45.0 Å². The second-order valence-electron chi connectivity index (χ2n) is 36.9. The van der Waals surface area contributed by atoms with E-state index in [0.717, 1.165) is 119 Å². The lowest BCUT2D eigenvalue weighted by molar-refractivity contribution is -0.128. The number of nitrogens with zero attached hydrogens (tertiary/aromatic N) is 20. The highest BCUT2D eigenvalue weighted by Crippen LogP contribution is 2.41. The number of fused-ring (bicyclic) bond motifs is 4. The smallest absolute Gasteiger partial charge is 0.246 e. The van der Waals surface area contributed by atoms with Gasteiger partial charge in [0.2, 0.25) is 23.6 Å². The van der Waals surface area contributed by atoms with Crippen molar-refractivity contribution < 1.29 is 51.5 Å². The topological polar surface area (TPSA) is 428 Å². The van der Waals surface area contributed by atoms with Crippen molar-refractivity contribution in [3.05, 3.63) is 338 Å². The molecule has 4 atom stereocenters. The molecule has 148 heavy (non-hydrogen) atoms. The summed E-state index contributed by atoms with van der Waals surface area (Å²) < 4.78 is 48.4. The van der Waals surface area contributed by atoms with Crippen molar-refractivity contribution in [2.75, 3.05) is 75.3 Å². The first-order chi connectivity index (χ1) is 71.8. The number of likely N-dealkylation sites (tertiary alicyclic amines) is 4. The van der Waals surface area contributed by atoms with Gasteiger partial charge in [-0.3, -0.25) is 38.4 Å². The molecule has 8 aromatic carbocycles. The maximum atomic E-state index is 13.9. The van der Waals surface area contributed by atoms with Gasteiger partial charge in [0, 0.05) is 117 Å². The number of rotatable bonds is 28. The summed E-state index contributed by atoms with van der Waals surface area (Å²) in [6.45, 7) is 21.2. The summed E-state index contributed by atoms with van der Waals surface area (Å²) in [6.07, 6.45) is 21.3. The zero-order valence-corrected chi connectivity index (χ0v) is 81.9. The number of hydrogen-bond donors (Lipinski definition) is 4. The highest BCUT2D eigenvalue weighted by molar-refractivity contribution is 6.04. The minimum absolute atomic E-state index is 0.0172. The highest BCUT2D eigenvalue weighted by atomic mass is 19.1. The number of halogens is 3. The SMILES string of the molecule is C=CC(=O)N1CCC[C@@H](n2nc(-c3ccc(CCC(=O)c4ccc(F)cc4F)cc3)c3c(N)ncnc32)C1.C=CC(=O)N1CCC[C@@H](n2nc(-c3ccc(CCC(=O)c4ccccc4)cc3)c3c(N)ncnc32)C1.C=CC(=O)N1CCC[C@@H](n2nc(-c3ccc(CCC(=O)c4ccccc4C)cc3)c3c(N)ncnc32)C1.C=CC(=O)N1CCC[C@@H](n2nc(-c3ccc(CCC(=O)c4ccccc4F)cc3)c3c(N)ncnc32)C1. The molecule has 4 fully saturated rings. The van der Waals surface area contributed by atoms with Gasteiger partial charge in [-0.25, -0.2) is 71.8 Å². The van der Waals surface area contributed by atoms with E-state index >= 15 is 0 Å². The maximum Gasteiger partial charge on any atom is 0.246 e. The van der Waals surface area contributed by atoms with Crippen LogP contribution in [0, 0.1) is 24.4 Å². The molecule has 0 radical (unpaired) electrons. The Morgan fingerprint density at radius 2 is 0.601 bits per heavy atom. The standard InChI is InChI=1S/C29H30N6O2.C28H26F2N6O2.C28H27FN6O2.C28H28N6O2/c1-3-25(37)34-16-6-8-22(17-34)35-29-26(28(30)31-18-32-29)27(33-35)21-13-10-20(11-14-21)12-15-24(36)23-9-5-4-7-19(23)2;1-2-24(38)35-13-3-4-20(15-35)36-28-25(27(31)32-16-33-28)26(34-36)18-8-5-17(6-9-18)7-12-23(37)21-11-10-19(29)14-22(21)30;1-2-24(37)34-15-5-6-20(16-34)35-28-25(27(30)31-17-32-28)26(33-35)19-12-9-18(10-13-19)11-14-23(36)21-7-3-4-8-22(21)29;1-2-24(36)33-16-6-9-22(17-33)34-28-25(27(29)30-18-31-28)26(32-34)21-13-10-19(11-14-21)12-15-23(35)20-7-4-3-5-8-20/h3-5,7,9-11,13-14,18,22H,1,6,8,12,15-17H2,2H3,(H2,30,31,32);2,5-6,8-11,14,16,20H,1,3-4,7,12-13,15H2,(H2,31,32,33);2-4,7-10,12-13,17,20H,1,5-6,11,14-16H2,(H2,30,31,32);2-5,7-8,10-11,13-14,18,22H,1,6,9,12,15-17H2,(H2,29,30,31)/t22-;2*20-;22-/m1111/s1. The molecule has 0 spiro atoms. The third-order valence-electron chi connectivity index (χ3n) is 27.4. The maximum absolute atomic E-state index is 13.9. The van der Waals surface area contributed by atoms with E-state index in [1.54, 1.807) is 31.7 Å². The van der Waals surface area contributed by atoms with Crippen LogP contribution in [0.15, 0.2) is 270 Å². The molecule has 8 aromatic heterocycles. The third kappa shape index (κ3) is 23.0. The number of carbonyl (C=O) groups excluding carboxylic acids is 8. The van der Waals surface area contributed by atoms with Gasteiger partial charge >= 0.3 is 0 Å². The van der Waals surface area contributed by atoms with Gasteiger partial charge in [-0.15, -0.1) is 0 Å². The molecule has 32 nitrogen and oxygen atoms in total. The van der Waals surface area contributed by atoms with Gasteiger partial charge in [0.25, 0.3) is 0 Å². The molecule has 0 bridgehead atoms. The first-order valence-corrected chi connectivity index (χ1v) is 49.2. The molecule has 16 aromatic rings. The largest absolute Gasteiger partial charge is 0.383 e. The molecule has 4 amide bonds. The minimum atomic E-state index is -0.859. The molecule has 0 unspecified atom stereocenters. The molecule has 0 saturated carbocycles. The van der Waals surface area contributed by atoms with Crippen molar-refractivity contribution in [2.24, 2.45) is 0 Å². The monoisotopic (exact) mass is 1990 g/mol. The molecule has 8 N–H and O–H groups in total. The van der Waals surface area contributed by atoms with Gasteiger partial charge in [0.05, 0.1) is 56.8 Å². The first-order valence-electron chi connectivity index (χ1n) is 49.2. The van der Waals surface area contributed by atoms with E-state index in [4.69, 9.17) is 43.3 Å². The van der Waals surface area contributed by atoms with Gasteiger partial charge in [0.15, 0.2) is 45.7 Å². The Kier molecular flexibility index (Phi) is 32.0. The number of carbonyl (C=O) groups is 8. The van der Waals surface area contributed by atoms with Crippen LogP contribution in [0.1, 0.15) is 170 Å². The molecular weight excluding hydrogens is 1880 g/mol. The average Bonchev–Trinajstić information content (AvgIpc) is 1.62. The number of amides is 4. The van der Waals surface area contributed by atoms with Crippen LogP contribution in [0.4, 0.5) is 36.4 Å². The van der Waals surface area contributed by atoms with Crippen LogP contribution in [-0.2, 0) is 44.9 Å². The van der Waals surface area contributed by atoms with Gasteiger partial charge in [0.1, 0.15) is 88.8 Å². The lowest BCUT2D eigenvalue weighted by Crippen LogP contribution is -2.40. The number of aryl methyl sites for hydroxylation is 5. The summed E-state index contributed by atoms with van der Waals surface area (Å²) in [6, 6.07) is 57.2. The number of nitrogen functional groups attached to an aromatic ring is 4. The van der Waals surface area contributed by atoms with Gasteiger partial charge in [-0.2, -0.15) is 20.4 Å². The van der Waals surface area contributed by atoms with Gasteiger partial charge in [-0.1, -0.05) is 190 Å². The predicted molar refractivity (Wildman–Crippen MR) is 562 cm³/mol. The molecule has 35 heteroatoms. The fraction of sp³-hybridized carbons (Fsp3) is 0.257. The number of ketones is 4. The first kappa shape index (κ1) is 102. The van der Waals surface area contributed by atoms with Crippen LogP contribution in [0.2, 0.25) is 0 Å². The molecule has 12 heterocycles. The van der Waals surface area contributed by atoms with Gasteiger partial charge < -0.3 is 42.5 Å². The number of hydrogen-bond acceptors (Lipinski definition) is 24. The second-order valence-corrected chi connectivity index (χ2v) is 36.9. The molecule has 0 aliphatic carbocycles. The fourth-order valence-corrected chi connectivity index (χ4v) is 19.6. The molecule has 752 valence electrons. The summed E-state index contributed by atoms with van der Waals surface area (Å²) in [4.78, 5) is 141. The Balaban J connectivity index is 0.000000135. The Morgan fingerprint density at radius 1 is 0.324 bits per heavy atom. The Hall–Kier alpha value is -17.5. The van der Waals surface area contributed by atoms with Crippen LogP contribution in [0.25, 0.3) is 89.2 Å². The number of piperidine rings is 4. The average molecular weight is 1990 g/mol. The van der Waals surface area contributed by atoms with Crippen LogP contribution in [0.3, 0.4) is 0 Å².